The predicted octanol–water partition coefficient (Wildman–Crippen LogP) is 7.91. The fraction of sp³-hybridized carbons (Fsp3) is 0.200. The van der Waals surface area contributed by atoms with Crippen molar-refractivity contribution < 1.29 is 0 Å². The normalized spacial score (nSPS) is 14.1. The van der Waals surface area contributed by atoms with Crippen molar-refractivity contribution in [2.45, 2.75) is 33.1 Å². The minimum Gasteiger partial charge on any atom is -0.0843 e. The molecule has 0 spiro atoms. The van der Waals surface area contributed by atoms with Gasteiger partial charge in [0.2, 0.25) is 0 Å². The van der Waals surface area contributed by atoms with E-state index in [9.17, 15) is 0 Å². The minimum atomic E-state index is 0.672. The molecule has 4 rings (SSSR count). The summed E-state index contributed by atoms with van der Waals surface area (Å²) in [7, 11) is 0. The maximum Gasteiger partial charge on any atom is 0.0496 e. The molecule has 136 valence electrons. The summed E-state index contributed by atoms with van der Waals surface area (Å²) in [5, 5.41) is 1.39. The van der Waals surface area contributed by atoms with E-state index in [1.165, 1.54) is 39.0 Å². The van der Waals surface area contributed by atoms with Gasteiger partial charge in [-0.1, -0.05) is 82.9 Å². The lowest BCUT2D eigenvalue weighted by atomic mass is 9.87. The first kappa shape index (κ1) is 18.3. The van der Waals surface area contributed by atoms with Crippen LogP contribution in [0.3, 0.4) is 0 Å². The van der Waals surface area contributed by atoms with Crippen molar-refractivity contribution in [2.75, 3.05) is 0 Å². The molecule has 1 aliphatic rings. The van der Waals surface area contributed by atoms with Crippen molar-refractivity contribution in [2.24, 2.45) is 0 Å². The van der Waals surface area contributed by atoms with Crippen LogP contribution in [0.2, 0.25) is 10.0 Å². The maximum atomic E-state index is 6.63. The van der Waals surface area contributed by atoms with Gasteiger partial charge in [-0.2, -0.15) is 0 Å². The van der Waals surface area contributed by atoms with Crippen LogP contribution in [0.25, 0.3) is 11.1 Å². The Morgan fingerprint density at radius 3 is 2.15 bits per heavy atom. The van der Waals surface area contributed by atoms with E-state index in [1.807, 2.05) is 12.1 Å². The standard InChI is InChI=1S/C25H22Cl2/c1-16-6-9-18(10-7-16)25-21-12-8-17(2)14-19(21)4-3-5-23(25)22-13-11-20(26)15-24(22)27/h6-15H,3-5H2,1-2H3. The topological polar surface area (TPSA) is 0 Å². The highest BCUT2D eigenvalue weighted by Gasteiger charge is 2.21. The number of hydrogen-bond acceptors (Lipinski definition) is 0. The molecule has 0 bridgehead atoms. The van der Waals surface area contributed by atoms with Crippen LogP contribution >= 0.6 is 23.2 Å². The number of benzene rings is 3. The molecule has 0 nitrogen and oxygen atoms in total. The summed E-state index contributed by atoms with van der Waals surface area (Å²) in [5.41, 5.74) is 10.3. The highest BCUT2D eigenvalue weighted by Crippen LogP contribution is 2.42. The van der Waals surface area contributed by atoms with Gasteiger partial charge in [-0.3, -0.25) is 0 Å². The summed E-state index contributed by atoms with van der Waals surface area (Å²) >= 11 is 12.8. The number of hydrogen-bond donors (Lipinski definition) is 0. The monoisotopic (exact) mass is 392 g/mol. The summed E-state index contributed by atoms with van der Waals surface area (Å²) in [6.07, 6.45) is 3.19. The second-order valence-electron chi connectivity index (χ2n) is 7.36. The molecule has 0 fully saturated rings. The van der Waals surface area contributed by atoms with Gasteiger partial charge in [0.1, 0.15) is 0 Å². The third kappa shape index (κ3) is 3.70. The minimum absolute atomic E-state index is 0.672. The van der Waals surface area contributed by atoms with Gasteiger partial charge < -0.3 is 0 Å². The average Bonchev–Trinajstić information content (AvgIpc) is 2.81. The molecule has 0 aromatic heterocycles. The first-order valence-corrected chi connectivity index (χ1v) is 10.1. The van der Waals surface area contributed by atoms with Crippen LogP contribution in [0.1, 0.15) is 46.2 Å². The van der Waals surface area contributed by atoms with E-state index >= 15 is 0 Å². The average molecular weight is 393 g/mol. The maximum absolute atomic E-state index is 6.63. The van der Waals surface area contributed by atoms with Gasteiger partial charge in [0.25, 0.3) is 0 Å². The molecule has 0 amide bonds. The Kier molecular flexibility index (Phi) is 5.12. The Morgan fingerprint density at radius 1 is 0.704 bits per heavy atom. The molecule has 0 atom stereocenters. The second kappa shape index (κ2) is 7.54. The summed E-state index contributed by atoms with van der Waals surface area (Å²) < 4.78 is 0. The van der Waals surface area contributed by atoms with E-state index in [1.54, 1.807) is 0 Å². The van der Waals surface area contributed by atoms with Crippen molar-refractivity contribution in [3.05, 3.63) is 104 Å². The Morgan fingerprint density at radius 2 is 1.41 bits per heavy atom. The summed E-state index contributed by atoms with van der Waals surface area (Å²) in [6.45, 7) is 4.29. The summed E-state index contributed by atoms with van der Waals surface area (Å²) in [5.74, 6) is 0. The molecule has 0 unspecified atom stereocenters. The van der Waals surface area contributed by atoms with Crippen molar-refractivity contribution in [3.8, 4) is 0 Å². The number of aryl methyl sites for hydroxylation is 3. The number of allylic oxidation sites excluding steroid dienone is 1. The zero-order valence-corrected chi connectivity index (χ0v) is 17.2. The Labute approximate surface area is 171 Å². The van der Waals surface area contributed by atoms with Crippen LogP contribution in [-0.4, -0.2) is 0 Å². The fourth-order valence-electron chi connectivity index (χ4n) is 3.97. The number of halogens is 2. The van der Waals surface area contributed by atoms with Gasteiger partial charge in [-0.25, -0.2) is 0 Å². The van der Waals surface area contributed by atoms with E-state index < -0.39 is 0 Å². The Hall–Kier alpha value is -2.02. The lowest BCUT2D eigenvalue weighted by Crippen LogP contribution is -1.97. The lowest BCUT2D eigenvalue weighted by Gasteiger charge is -2.18. The number of rotatable bonds is 2. The van der Waals surface area contributed by atoms with Crippen LogP contribution in [0.15, 0.2) is 60.7 Å². The highest BCUT2D eigenvalue weighted by atomic mass is 35.5. The third-order valence-electron chi connectivity index (χ3n) is 5.30. The largest absolute Gasteiger partial charge is 0.0843 e. The SMILES string of the molecule is Cc1ccc(C2=C(c3ccc(Cl)cc3Cl)CCCc3cc(C)ccc32)cc1. The quantitative estimate of drug-likeness (QED) is 0.415. The van der Waals surface area contributed by atoms with Gasteiger partial charge in [0, 0.05) is 10.0 Å². The second-order valence-corrected chi connectivity index (χ2v) is 8.20. The van der Waals surface area contributed by atoms with Crippen LogP contribution in [0, 0.1) is 13.8 Å². The first-order chi connectivity index (χ1) is 13.0. The Bertz CT molecular complexity index is 1030. The van der Waals surface area contributed by atoms with Gasteiger partial charge in [0.15, 0.2) is 0 Å². The van der Waals surface area contributed by atoms with Crippen LogP contribution in [0.4, 0.5) is 0 Å². The molecule has 2 heteroatoms. The zero-order chi connectivity index (χ0) is 19.0. The van der Waals surface area contributed by atoms with Crippen molar-refractivity contribution in [1.82, 2.24) is 0 Å². The van der Waals surface area contributed by atoms with Gasteiger partial charge in [-0.05, 0) is 78.6 Å². The van der Waals surface area contributed by atoms with Crippen LogP contribution in [0.5, 0.6) is 0 Å². The first-order valence-electron chi connectivity index (χ1n) is 9.38. The van der Waals surface area contributed by atoms with E-state index in [-0.39, 0.29) is 0 Å². The molecule has 0 saturated carbocycles. The molecule has 0 radical (unpaired) electrons. The lowest BCUT2D eigenvalue weighted by molar-refractivity contribution is 0.859. The zero-order valence-electron chi connectivity index (χ0n) is 15.7. The van der Waals surface area contributed by atoms with Crippen LogP contribution in [-0.2, 0) is 6.42 Å². The molecule has 1 aliphatic carbocycles. The molecule has 0 N–H and O–H groups in total. The van der Waals surface area contributed by atoms with Gasteiger partial charge in [0.05, 0.1) is 0 Å². The predicted molar refractivity (Wildman–Crippen MR) is 118 cm³/mol. The molecule has 3 aromatic carbocycles. The van der Waals surface area contributed by atoms with E-state index in [2.05, 4.69) is 62.4 Å². The molecule has 0 aliphatic heterocycles. The molecule has 3 aromatic rings. The van der Waals surface area contributed by atoms with E-state index in [4.69, 9.17) is 23.2 Å². The van der Waals surface area contributed by atoms with Gasteiger partial charge >= 0.3 is 0 Å². The van der Waals surface area contributed by atoms with Gasteiger partial charge in [-0.15, -0.1) is 0 Å². The van der Waals surface area contributed by atoms with E-state index in [0.717, 1.165) is 29.8 Å². The molecule has 0 heterocycles. The highest BCUT2D eigenvalue weighted by molar-refractivity contribution is 6.36. The summed E-state index contributed by atoms with van der Waals surface area (Å²) in [4.78, 5) is 0. The Balaban J connectivity index is 2.03. The smallest absolute Gasteiger partial charge is 0.0496 e. The van der Waals surface area contributed by atoms with Crippen molar-refractivity contribution in [3.63, 3.8) is 0 Å². The molecule has 27 heavy (non-hydrogen) atoms. The van der Waals surface area contributed by atoms with Crippen molar-refractivity contribution in [1.29, 1.82) is 0 Å². The fourth-order valence-corrected chi connectivity index (χ4v) is 4.49. The third-order valence-corrected chi connectivity index (χ3v) is 5.85. The van der Waals surface area contributed by atoms with Crippen LogP contribution < -0.4 is 0 Å². The molecular formula is C25H22Cl2. The summed E-state index contributed by atoms with van der Waals surface area (Å²) in [6, 6.07) is 21.5. The van der Waals surface area contributed by atoms with Crippen molar-refractivity contribution >= 4 is 34.3 Å². The number of fused-ring (bicyclic) bond motifs is 1. The molecular weight excluding hydrogens is 371 g/mol. The molecule has 0 saturated heterocycles. The van der Waals surface area contributed by atoms with E-state index in [0.29, 0.717) is 5.02 Å².